The molecule has 0 bridgehead atoms. The van der Waals surface area contributed by atoms with Gasteiger partial charge < -0.3 is 5.73 Å². The van der Waals surface area contributed by atoms with Crippen LogP contribution in [0.4, 0.5) is 5.69 Å². The largest absolute Gasteiger partial charge is 0.368 e. The van der Waals surface area contributed by atoms with Crippen LogP contribution < -0.4 is 10.6 Å². The lowest BCUT2D eigenvalue weighted by atomic mass is 10.2. The molecule has 0 aromatic heterocycles. The monoisotopic (exact) mass is 289 g/mol. The molecule has 0 aliphatic rings. The first-order valence-electron chi connectivity index (χ1n) is 4.91. The fourth-order valence-corrected chi connectivity index (χ4v) is 2.56. The molecule has 1 aromatic rings. The molecular weight excluding hydrogens is 278 g/mol. The number of hydrogen-bond donors (Lipinski definition) is 2. The third kappa shape index (κ3) is 3.71. The molecule has 0 aliphatic heterocycles. The summed E-state index contributed by atoms with van der Waals surface area (Å²) in [5.41, 5.74) is 4.34. The summed E-state index contributed by atoms with van der Waals surface area (Å²) < 4.78 is 23.7. The van der Waals surface area contributed by atoms with E-state index in [4.69, 9.17) is 5.73 Å². The maximum atomic E-state index is 11.9. The second-order valence-corrected chi connectivity index (χ2v) is 5.10. The van der Waals surface area contributed by atoms with Crippen molar-refractivity contribution in [2.24, 2.45) is 5.73 Å². The van der Waals surface area contributed by atoms with Gasteiger partial charge in [0.15, 0.2) is 4.90 Å². The number of primary amides is 1. The van der Waals surface area contributed by atoms with E-state index in [-0.39, 0.29) is 5.56 Å². The van der Waals surface area contributed by atoms with E-state index < -0.39 is 38.0 Å². The molecule has 0 heterocycles. The lowest BCUT2D eigenvalue weighted by Gasteiger charge is -2.08. The predicted octanol–water partition coefficient (Wildman–Crippen LogP) is -0.402. The summed E-state index contributed by atoms with van der Waals surface area (Å²) in [6, 6.07) is 3.81. The highest BCUT2D eigenvalue weighted by Crippen LogP contribution is 2.26. The maximum absolute atomic E-state index is 11.9. The molecule has 104 valence electrons. The van der Waals surface area contributed by atoms with Crippen LogP contribution in [0.1, 0.15) is 5.56 Å². The summed E-state index contributed by atoms with van der Waals surface area (Å²) in [5, 5.41) is 10.8. The van der Waals surface area contributed by atoms with Crippen molar-refractivity contribution in [3.8, 4) is 0 Å². The predicted molar refractivity (Wildman–Crippen MR) is 63.3 cm³/mol. The summed E-state index contributed by atoms with van der Waals surface area (Å²) in [6.07, 6.45) is 0. The molecule has 9 nitrogen and oxygen atoms in total. The Hall–Kier alpha value is -2.04. The minimum atomic E-state index is -4.28. The van der Waals surface area contributed by atoms with Gasteiger partial charge in [-0.2, -0.15) is 0 Å². The fraction of sp³-hybridized carbons (Fsp3) is 0.222. The summed E-state index contributed by atoms with van der Waals surface area (Å²) in [5.74, 6) is -0.887. The van der Waals surface area contributed by atoms with Gasteiger partial charge >= 0.3 is 0 Å². The van der Waals surface area contributed by atoms with Crippen molar-refractivity contribution in [1.29, 1.82) is 0 Å². The van der Waals surface area contributed by atoms with Gasteiger partial charge in [0, 0.05) is 6.07 Å². The summed E-state index contributed by atoms with van der Waals surface area (Å²) in [7, 11) is -4.28. The van der Waals surface area contributed by atoms with Crippen molar-refractivity contribution < 1.29 is 23.0 Å². The molecule has 0 radical (unpaired) electrons. The molecule has 1 rings (SSSR count). The number of nitrogens with zero attached hydrogens (tertiary/aromatic N) is 1. The van der Waals surface area contributed by atoms with E-state index in [1.165, 1.54) is 19.1 Å². The average Bonchev–Trinajstić information content (AvgIpc) is 2.27. The number of sulfonamides is 1. The van der Waals surface area contributed by atoms with Gasteiger partial charge in [0.05, 0.1) is 4.92 Å². The molecule has 1 amide bonds. The molecule has 3 N–H and O–H groups in total. The molecule has 0 unspecified atom stereocenters. The van der Waals surface area contributed by atoms with E-state index in [2.05, 4.69) is 4.84 Å². The molecule has 0 spiro atoms. The van der Waals surface area contributed by atoms with Gasteiger partial charge in [0.2, 0.25) is 5.91 Å². The highest BCUT2D eigenvalue weighted by Gasteiger charge is 2.28. The van der Waals surface area contributed by atoms with Gasteiger partial charge in [0.25, 0.3) is 15.7 Å². The Morgan fingerprint density at radius 1 is 1.53 bits per heavy atom. The molecule has 0 aliphatic carbocycles. The number of nitrogens with two attached hydrogens (primary N) is 1. The van der Waals surface area contributed by atoms with Crippen LogP contribution in [0.15, 0.2) is 23.1 Å². The summed E-state index contributed by atoms with van der Waals surface area (Å²) in [4.78, 5) is 25.9. The quantitative estimate of drug-likeness (QED) is 0.539. The van der Waals surface area contributed by atoms with Crippen LogP contribution in [-0.2, 0) is 19.7 Å². The first-order chi connectivity index (χ1) is 8.75. The average molecular weight is 289 g/mol. The number of benzene rings is 1. The zero-order chi connectivity index (χ0) is 14.6. The topological polar surface area (TPSA) is 142 Å². The zero-order valence-corrected chi connectivity index (χ0v) is 10.6. The van der Waals surface area contributed by atoms with Crippen LogP contribution in [0.2, 0.25) is 0 Å². The number of carbonyl (C=O) groups is 1. The number of carbonyl (C=O) groups excluding carboxylic acids is 1. The Bertz CT molecular complexity index is 612. The molecule has 1 aromatic carbocycles. The van der Waals surface area contributed by atoms with Crippen molar-refractivity contribution in [2.45, 2.75) is 11.8 Å². The number of nitrogens with one attached hydrogen (secondary N) is 1. The number of nitro groups is 1. The molecule has 0 fully saturated rings. The van der Waals surface area contributed by atoms with E-state index >= 15 is 0 Å². The third-order valence-corrected chi connectivity index (χ3v) is 3.45. The van der Waals surface area contributed by atoms with Gasteiger partial charge in [-0.25, -0.2) is 8.42 Å². The van der Waals surface area contributed by atoms with Gasteiger partial charge in [0.1, 0.15) is 6.61 Å². The van der Waals surface area contributed by atoms with Crippen LogP contribution in [-0.4, -0.2) is 25.9 Å². The van der Waals surface area contributed by atoms with Gasteiger partial charge in [-0.15, -0.1) is 0 Å². The van der Waals surface area contributed by atoms with Crippen molar-refractivity contribution in [1.82, 2.24) is 4.89 Å². The van der Waals surface area contributed by atoms with E-state index in [0.29, 0.717) is 0 Å². The van der Waals surface area contributed by atoms with Gasteiger partial charge in [-0.05, 0) is 12.5 Å². The highest BCUT2D eigenvalue weighted by molar-refractivity contribution is 7.89. The second-order valence-electron chi connectivity index (χ2n) is 3.52. The van der Waals surface area contributed by atoms with Crippen molar-refractivity contribution in [3.63, 3.8) is 0 Å². The van der Waals surface area contributed by atoms with Crippen molar-refractivity contribution in [2.75, 3.05) is 6.61 Å². The number of nitro benzene ring substituents is 1. The molecular formula is C9H11N3O6S. The van der Waals surface area contributed by atoms with Crippen LogP contribution >= 0.6 is 0 Å². The normalized spacial score (nSPS) is 11.2. The molecule has 0 saturated heterocycles. The van der Waals surface area contributed by atoms with E-state index in [1.807, 2.05) is 0 Å². The fourth-order valence-electron chi connectivity index (χ4n) is 1.35. The molecule has 0 saturated carbocycles. The van der Waals surface area contributed by atoms with E-state index in [1.54, 1.807) is 4.89 Å². The lowest BCUT2D eigenvalue weighted by molar-refractivity contribution is -0.387. The van der Waals surface area contributed by atoms with Crippen molar-refractivity contribution >= 4 is 21.6 Å². The summed E-state index contributed by atoms with van der Waals surface area (Å²) >= 11 is 0. The van der Waals surface area contributed by atoms with Gasteiger partial charge in [-0.3, -0.25) is 19.7 Å². The van der Waals surface area contributed by atoms with Crippen LogP contribution in [0.3, 0.4) is 0 Å². The Morgan fingerprint density at radius 2 is 2.16 bits per heavy atom. The number of hydrogen-bond acceptors (Lipinski definition) is 6. The Morgan fingerprint density at radius 3 is 2.68 bits per heavy atom. The highest BCUT2D eigenvalue weighted by atomic mass is 32.2. The maximum Gasteiger partial charge on any atom is 0.289 e. The van der Waals surface area contributed by atoms with Crippen LogP contribution in [0, 0.1) is 17.0 Å². The van der Waals surface area contributed by atoms with Crippen LogP contribution in [0.5, 0.6) is 0 Å². The SMILES string of the molecule is Cc1cccc([N+](=O)[O-])c1S(=O)(=O)NOCC(N)=O. The van der Waals surface area contributed by atoms with Crippen LogP contribution in [0.25, 0.3) is 0 Å². The summed E-state index contributed by atoms with van der Waals surface area (Å²) in [6.45, 7) is 0.717. The zero-order valence-electron chi connectivity index (χ0n) is 9.82. The standard InChI is InChI=1S/C9H11N3O6S/c1-6-3-2-4-7(12(14)15)9(6)19(16,17)11-18-5-8(10)13/h2-4,11H,5H2,1H3,(H2,10,13). The first kappa shape index (κ1) is 15.0. The van der Waals surface area contributed by atoms with Gasteiger partial charge in [-0.1, -0.05) is 17.0 Å². The Balaban J connectivity index is 3.14. The number of aryl methyl sites for hydroxylation is 1. The van der Waals surface area contributed by atoms with E-state index in [0.717, 1.165) is 6.07 Å². The Kier molecular flexibility index (Phi) is 4.53. The van der Waals surface area contributed by atoms with Crippen molar-refractivity contribution in [3.05, 3.63) is 33.9 Å². The molecule has 10 heteroatoms. The van der Waals surface area contributed by atoms with E-state index in [9.17, 15) is 23.3 Å². The first-order valence-corrected chi connectivity index (χ1v) is 6.40. The third-order valence-electron chi connectivity index (χ3n) is 2.04. The second kappa shape index (κ2) is 5.73. The minimum Gasteiger partial charge on any atom is -0.368 e. The minimum absolute atomic E-state index is 0.171. The number of rotatable bonds is 6. The molecule has 0 atom stereocenters. The molecule has 19 heavy (non-hydrogen) atoms. The number of amides is 1. The Labute approximate surface area is 108 Å². The smallest absolute Gasteiger partial charge is 0.289 e. The lowest BCUT2D eigenvalue weighted by Crippen LogP contribution is -2.30.